The van der Waals surface area contributed by atoms with Gasteiger partial charge in [-0.15, -0.1) is 0 Å². The van der Waals surface area contributed by atoms with Crippen LogP contribution >= 0.6 is 7.26 Å². The van der Waals surface area contributed by atoms with E-state index in [9.17, 15) is 5.11 Å². The van der Waals surface area contributed by atoms with Crippen LogP contribution in [-0.4, -0.2) is 17.9 Å². The van der Waals surface area contributed by atoms with Gasteiger partial charge in [-0.3, -0.25) is 0 Å². The highest BCUT2D eigenvalue weighted by atomic mass is 31.2. The summed E-state index contributed by atoms with van der Waals surface area (Å²) in [6, 6.07) is 27.5. The molecule has 0 fully saturated rings. The SMILES string of the molecule is CC(C)c1ccc([P+](CCO)(c2ccc(C(C)C)cc2)c2ccc(C(C)C)cc2)cc1. The van der Waals surface area contributed by atoms with E-state index < -0.39 is 7.26 Å². The van der Waals surface area contributed by atoms with E-state index in [2.05, 4.69) is 114 Å². The van der Waals surface area contributed by atoms with Crippen molar-refractivity contribution in [2.45, 2.75) is 59.3 Å². The molecular formula is C29H38OP+. The van der Waals surface area contributed by atoms with Crippen molar-refractivity contribution >= 4 is 23.2 Å². The molecule has 0 bridgehead atoms. The van der Waals surface area contributed by atoms with Crippen molar-refractivity contribution in [1.29, 1.82) is 0 Å². The maximum atomic E-state index is 10.2. The molecule has 3 aromatic carbocycles. The largest absolute Gasteiger partial charge is 0.393 e. The number of benzene rings is 3. The zero-order valence-electron chi connectivity index (χ0n) is 20.0. The highest BCUT2D eigenvalue weighted by Crippen LogP contribution is 2.55. The fourth-order valence-electron chi connectivity index (χ4n) is 4.33. The van der Waals surface area contributed by atoms with Crippen LogP contribution in [-0.2, 0) is 0 Å². The summed E-state index contributed by atoms with van der Waals surface area (Å²) >= 11 is 0. The summed E-state index contributed by atoms with van der Waals surface area (Å²) in [5.74, 6) is 1.53. The van der Waals surface area contributed by atoms with Crippen LogP contribution in [0.15, 0.2) is 72.8 Å². The molecule has 0 aromatic heterocycles. The molecule has 1 nitrogen and oxygen atoms in total. The summed E-state index contributed by atoms with van der Waals surface area (Å²) in [5.41, 5.74) is 4.07. The lowest BCUT2D eigenvalue weighted by Crippen LogP contribution is -2.34. The first-order valence-electron chi connectivity index (χ1n) is 11.6. The predicted molar refractivity (Wildman–Crippen MR) is 139 cm³/mol. The Morgan fingerprint density at radius 3 is 0.968 bits per heavy atom. The van der Waals surface area contributed by atoms with E-state index in [1.165, 1.54) is 32.6 Å². The number of hydrogen-bond donors (Lipinski definition) is 1. The summed E-state index contributed by atoms with van der Waals surface area (Å²) in [7, 11) is -1.95. The van der Waals surface area contributed by atoms with E-state index in [-0.39, 0.29) is 6.61 Å². The van der Waals surface area contributed by atoms with E-state index in [0.717, 1.165) is 6.16 Å². The van der Waals surface area contributed by atoms with Crippen LogP contribution in [0.3, 0.4) is 0 Å². The van der Waals surface area contributed by atoms with Gasteiger partial charge in [0, 0.05) is 0 Å². The second-order valence-corrected chi connectivity index (χ2v) is 13.1. The van der Waals surface area contributed by atoms with E-state index in [1.54, 1.807) is 0 Å². The second-order valence-electron chi connectivity index (χ2n) is 9.50. The first-order chi connectivity index (χ1) is 14.8. The van der Waals surface area contributed by atoms with Crippen molar-refractivity contribution < 1.29 is 5.11 Å². The summed E-state index contributed by atoms with van der Waals surface area (Å²) in [6.07, 6.45) is 0.760. The lowest BCUT2D eigenvalue weighted by molar-refractivity contribution is 0.321. The third-order valence-corrected chi connectivity index (χ3v) is 10.8. The number of hydrogen-bond acceptors (Lipinski definition) is 1. The summed E-state index contributed by atoms with van der Waals surface area (Å²) in [5, 5.41) is 14.3. The van der Waals surface area contributed by atoms with Gasteiger partial charge in [0.05, 0.1) is 12.8 Å². The number of rotatable bonds is 8. The Morgan fingerprint density at radius 1 is 0.516 bits per heavy atom. The van der Waals surface area contributed by atoms with Gasteiger partial charge >= 0.3 is 0 Å². The summed E-state index contributed by atoms with van der Waals surface area (Å²) < 4.78 is 0. The fourth-order valence-corrected chi connectivity index (χ4v) is 8.27. The second kappa shape index (κ2) is 10.1. The maximum absolute atomic E-state index is 10.2. The molecule has 31 heavy (non-hydrogen) atoms. The minimum absolute atomic E-state index is 0.178. The average molecular weight is 434 g/mol. The lowest BCUT2D eigenvalue weighted by Gasteiger charge is -2.28. The van der Waals surface area contributed by atoms with E-state index in [0.29, 0.717) is 17.8 Å². The molecule has 0 heterocycles. The van der Waals surface area contributed by atoms with Crippen LogP contribution in [0, 0.1) is 0 Å². The molecule has 0 saturated carbocycles. The zero-order valence-corrected chi connectivity index (χ0v) is 20.9. The van der Waals surface area contributed by atoms with Crippen molar-refractivity contribution in [2.24, 2.45) is 0 Å². The van der Waals surface area contributed by atoms with Gasteiger partial charge in [0.25, 0.3) is 0 Å². The minimum atomic E-state index is -1.95. The van der Waals surface area contributed by atoms with Crippen LogP contribution in [0.2, 0.25) is 0 Å². The molecule has 0 radical (unpaired) electrons. The van der Waals surface area contributed by atoms with Crippen LogP contribution in [0.25, 0.3) is 0 Å². The van der Waals surface area contributed by atoms with E-state index in [4.69, 9.17) is 0 Å². The number of aliphatic hydroxyl groups excluding tert-OH is 1. The third kappa shape index (κ3) is 4.94. The Labute approximate surface area is 189 Å². The molecular weight excluding hydrogens is 395 g/mol. The maximum Gasteiger partial charge on any atom is 0.114 e. The van der Waals surface area contributed by atoms with Crippen LogP contribution < -0.4 is 15.9 Å². The summed E-state index contributed by atoms with van der Waals surface area (Å²) in [6.45, 7) is 13.6. The van der Waals surface area contributed by atoms with Crippen LogP contribution in [0.1, 0.15) is 76.0 Å². The van der Waals surface area contributed by atoms with Gasteiger partial charge < -0.3 is 5.11 Å². The van der Waals surface area contributed by atoms with Gasteiger partial charge in [-0.1, -0.05) is 77.9 Å². The van der Waals surface area contributed by atoms with Gasteiger partial charge in [-0.25, -0.2) is 0 Å². The van der Waals surface area contributed by atoms with E-state index in [1.807, 2.05) is 0 Å². The van der Waals surface area contributed by atoms with Gasteiger partial charge in [0.2, 0.25) is 0 Å². The Bertz CT molecular complexity index is 826. The van der Waals surface area contributed by atoms with Crippen molar-refractivity contribution in [1.82, 2.24) is 0 Å². The van der Waals surface area contributed by atoms with Crippen LogP contribution in [0.5, 0.6) is 0 Å². The van der Waals surface area contributed by atoms with Crippen molar-refractivity contribution in [3.05, 3.63) is 89.5 Å². The van der Waals surface area contributed by atoms with Crippen LogP contribution in [0.4, 0.5) is 0 Å². The predicted octanol–water partition coefficient (Wildman–Crippen LogP) is 6.34. The van der Waals surface area contributed by atoms with Crippen molar-refractivity contribution in [2.75, 3.05) is 12.8 Å². The molecule has 0 spiro atoms. The molecule has 0 aliphatic heterocycles. The standard InChI is InChI=1S/C29H38OP/c1-21(2)24-7-13-27(14-8-24)31(20-19-30,28-15-9-25(10-16-28)22(3)4)29-17-11-26(12-18-29)23(5)6/h7-18,21-23,30H,19-20H2,1-6H3/q+1. The molecule has 1 N–H and O–H groups in total. The molecule has 0 aliphatic carbocycles. The highest BCUT2D eigenvalue weighted by molar-refractivity contribution is 7.95. The van der Waals surface area contributed by atoms with Gasteiger partial charge in [-0.2, -0.15) is 0 Å². The van der Waals surface area contributed by atoms with Gasteiger partial charge in [0.15, 0.2) is 0 Å². The van der Waals surface area contributed by atoms with Gasteiger partial charge in [-0.05, 0) is 70.8 Å². The molecule has 3 rings (SSSR count). The molecule has 3 aromatic rings. The normalized spacial score (nSPS) is 12.2. The minimum Gasteiger partial charge on any atom is -0.393 e. The quantitative estimate of drug-likeness (QED) is 0.411. The Morgan fingerprint density at radius 2 is 0.774 bits per heavy atom. The lowest BCUT2D eigenvalue weighted by atomic mass is 10.0. The Kier molecular flexibility index (Phi) is 7.73. The smallest absolute Gasteiger partial charge is 0.114 e. The van der Waals surface area contributed by atoms with Crippen molar-refractivity contribution in [3.8, 4) is 0 Å². The third-order valence-electron chi connectivity index (χ3n) is 6.44. The molecule has 0 aliphatic rings. The first kappa shape index (κ1) is 23.7. The zero-order chi connectivity index (χ0) is 22.6. The fraction of sp³-hybridized carbons (Fsp3) is 0.379. The Balaban J connectivity index is 2.23. The monoisotopic (exact) mass is 433 g/mol. The molecule has 164 valence electrons. The summed E-state index contributed by atoms with van der Waals surface area (Å²) in [4.78, 5) is 0. The Hall–Kier alpha value is -1.95. The molecule has 0 atom stereocenters. The van der Waals surface area contributed by atoms with Crippen molar-refractivity contribution in [3.63, 3.8) is 0 Å². The molecule has 0 amide bonds. The van der Waals surface area contributed by atoms with Gasteiger partial charge in [0.1, 0.15) is 23.2 Å². The first-order valence-corrected chi connectivity index (χ1v) is 13.6. The topological polar surface area (TPSA) is 20.2 Å². The molecule has 0 unspecified atom stereocenters. The molecule has 0 saturated heterocycles. The molecule has 2 heteroatoms. The highest BCUT2D eigenvalue weighted by Gasteiger charge is 2.45. The van der Waals surface area contributed by atoms with E-state index >= 15 is 0 Å². The average Bonchev–Trinajstić information content (AvgIpc) is 2.78. The number of aliphatic hydroxyl groups is 1.